The van der Waals surface area contributed by atoms with Gasteiger partial charge in [0.05, 0.1) is 47.5 Å². The lowest BCUT2D eigenvalue weighted by atomic mass is 9.93. The number of fused-ring (bicyclic) bond motifs is 2. The van der Waals surface area contributed by atoms with Gasteiger partial charge < -0.3 is 18.8 Å². The van der Waals surface area contributed by atoms with Crippen LogP contribution in [-0.2, 0) is 29.2 Å². The van der Waals surface area contributed by atoms with Gasteiger partial charge in [-0.05, 0) is 83.5 Å². The lowest BCUT2D eigenvalue weighted by Crippen LogP contribution is -2.35. The van der Waals surface area contributed by atoms with Crippen molar-refractivity contribution in [1.82, 2.24) is 24.4 Å². The zero-order valence-corrected chi connectivity index (χ0v) is 27.1. The second-order valence-electron chi connectivity index (χ2n) is 13.5. The van der Waals surface area contributed by atoms with E-state index in [1.54, 1.807) is 6.07 Å². The third kappa shape index (κ3) is 7.13. The number of halogens is 1. The number of likely N-dealkylation sites (tertiary alicyclic amines) is 1. The minimum absolute atomic E-state index is 0.155. The molecule has 0 aliphatic carbocycles. The number of carbonyl (C=O) groups excluding carboxylic acids is 1. The molecule has 2 aromatic carbocycles. The molecule has 10 heteroatoms. The standard InChI is InChI=1S/C37H40FN5O4/c1-37(2,3)47-36(44)26-10-11-31-32(19-26)43(21-29-14-17-45-29)33(40-31)22-42-15-12-24(13-16-42)30-8-5-9-34(41-30)46-23-27-7-4-6-25-18-28(38)20-39-35(25)27/h4-11,18-20,24,29H,12-17,21-23H2,1-3H3. The van der Waals surface area contributed by atoms with Crippen molar-refractivity contribution in [2.24, 2.45) is 0 Å². The van der Waals surface area contributed by atoms with Crippen molar-refractivity contribution < 1.29 is 23.4 Å². The quantitative estimate of drug-likeness (QED) is 0.163. The van der Waals surface area contributed by atoms with E-state index in [-0.39, 0.29) is 17.9 Å². The number of para-hydroxylation sites is 1. The van der Waals surface area contributed by atoms with Crippen molar-refractivity contribution in [1.29, 1.82) is 0 Å². The van der Waals surface area contributed by atoms with E-state index in [1.165, 1.54) is 12.3 Å². The molecule has 0 spiro atoms. The maximum atomic E-state index is 13.6. The van der Waals surface area contributed by atoms with Crippen LogP contribution < -0.4 is 4.74 Å². The summed E-state index contributed by atoms with van der Waals surface area (Å²) in [6.07, 6.45) is 4.36. The van der Waals surface area contributed by atoms with Gasteiger partial charge in [-0.2, -0.15) is 0 Å². The number of carbonyl (C=O) groups is 1. The van der Waals surface area contributed by atoms with Crippen molar-refractivity contribution in [3.63, 3.8) is 0 Å². The Balaban J connectivity index is 1.01. The minimum Gasteiger partial charge on any atom is -0.473 e. The Morgan fingerprint density at radius 1 is 1.02 bits per heavy atom. The van der Waals surface area contributed by atoms with Gasteiger partial charge in [0.2, 0.25) is 5.88 Å². The van der Waals surface area contributed by atoms with Crippen LogP contribution in [0.15, 0.2) is 66.9 Å². The highest BCUT2D eigenvalue weighted by Crippen LogP contribution is 2.30. The Hall–Kier alpha value is -4.41. The van der Waals surface area contributed by atoms with Gasteiger partial charge in [0.25, 0.3) is 0 Å². The lowest BCUT2D eigenvalue weighted by molar-refractivity contribution is -0.0592. The Morgan fingerprint density at radius 3 is 2.60 bits per heavy atom. The first-order valence-corrected chi connectivity index (χ1v) is 16.4. The minimum atomic E-state index is -0.564. The molecule has 244 valence electrons. The molecule has 1 unspecified atom stereocenters. The van der Waals surface area contributed by atoms with E-state index in [2.05, 4.69) is 20.5 Å². The highest BCUT2D eigenvalue weighted by molar-refractivity contribution is 5.94. The molecule has 0 saturated carbocycles. The van der Waals surface area contributed by atoms with Gasteiger partial charge in [-0.1, -0.05) is 24.3 Å². The zero-order chi connectivity index (χ0) is 32.5. The molecule has 1 atom stereocenters. The summed E-state index contributed by atoms with van der Waals surface area (Å²) in [5.41, 5.74) is 4.41. The number of pyridine rings is 2. The van der Waals surface area contributed by atoms with E-state index in [0.29, 0.717) is 30.5 Å². The summed E-state index contributed by atoms with van der Waals surface area (Å²) in [4.78, 5) is 29.4. The number of benzene rings is 2. The second-order valence-corrected chi connectivity index (χ2v) is 13.5. The first-order valence-electron chi connectivity index (χ1n) is 16.4. The van der Waals surface area contributed by atoms with Crippen LogP contribution in [0.25, 0.3) is 21.9 Å². The summed E-state index contributed by atoms with van der Waals surface area (Å²) < 4.78 is 33.4. The molecule has 0 radical (unpaired) electrons. The molecule has 3 aromatic heterocycles. The lowest BCUT2D eigenvalue weighted by Gasteiger charge is -2.32. The number of nitrogens with zero attached hydrogens (tertiary/aromatic N) is 5. The number of esters is 1. The molecular weight excluding hydrogens is 597 g/mol. The van der Waals surface area contributed by atoms with Gasteiger partial charge in [0, 0.05) is 35.2 Å². The van der Waals surface area contributed by atoms with E-state index in [1.807, 2.05) is 63.2 Å². The third-order valence-electron chi connectivity index (χ3n) is 8.89. The number of piperidine rings is 1. The number of imidazole rings is 1. The Morgan fingerprint density at radius 2 is 1.83 bits per heavy atom. The maximum Gasteiger partial charge on any atom is 0.338 e. The van der Waals surface area contributed by atoms with E-state index in [0.717, 1.165) is 84.5 Å². The molecule has 47 heavy (non-hydrogen) atoms. The van der Waals surface area contributed by atoms with Crippen LogP contribution in [0.2, 0.25) is 0 Å². The summed E-state index contributed by atoms with van der Waals surface area (Å²) >= 11 is 0. The maximum absolute atomic E-state index is 13.6. The van der Waals surface area contributed by atoms with Crippen molar-refractivity contribution in [3.05, 3.63) is 95.3 Å². The summed E-state index contributed by atoms with van der Waals surface area (Å²) in [5, 5.41) is 0.747. The summed E-state index contributed by atoms with van der Waals surface area (Å²) in [5.74, 6) is 1.19. The van der Waals surface area contributed by atoms with Gasteiger partial charge in [0.15, 0.2) is 0 Å². The molecule has 5 heterocycles. The van der Waals surface area contributed by atoms with Crippen LogP contribution in [0.1, 0.15) is 73.4 Å². The zero-order valence-electron chi connectivity index (χ0n) is 27.1. The molecule has 9 nitrogen and oxygen atoms in total. The van der Waals surface area contributed by atoms with E-state index >= 15 is 0 Å². The predicted molar refractivity (Wildman–Crippen MR) is 177 cm³/mol. The normalized spacial score (nSPS) is 17.6. The number of rotatable bonds is 9. The topological polar surface area (TPSA) is 91.6 Å². The Kier molecular flexibility index (Phi) is 8.63. The first kappa shape index (κ1) is 31.2. The average Bonchev–Trinajstić information content (AvgIpc) is 3.37. The summed E-state index contributed by atoms with van der Waals surface area (Å²) in [7, 11) is 0. The molecular formula is C37H40FN5O4. The van der Waals surface area contributed by atoms with Crippen molar-refractivity contribution in [2.45, 2.75) is 77.4 Å². The third-order valence-corrected chi connectivity index (χ3v) is 8.89. The molecule has 2 aliphatic heterocycles. The fourth-order valence-corrected chi connectivity index (χ4v) is 6.38. The van der Waals surface area contributed by atoms with Gasteiger partial charge in [0.1, 0.15) is 23.8 Å². The molecule has 5 aromatic rings. The van der Waals surface area contributed by atoms with Crippen LogP contribution in [-0.4, -0.2) is 61.8 Å². The highest BCUT2D eigenvalue weighted by Gasteiger charge is 2.27. The molecule has 0 amide bonds. The predicted octanol–water partition coefficient (Wildman–Crippen LogP) is 6.82. The largest absolute Gasteiger partial charge is 0.473 e. The number of hydrogen-bond acceptors (Lipinski definition) is 8. The van der Waals surface area contributed by atoms with Crippen molar-refractivity contribution in [3.8, 4) is 5.88 Å². The Bertz CT molecular complexity index is 1910. The summed E-state index contributed by atoms with van der Waals surface area (Å²) in [6.45, 7) is 9.98. The molecule has 2 fully saturated rings. The monoisotopic (exact) mass is 637 g/mol. The van der Waals surface area contributed by atoms with Gasteiger partial charge in [-0.15, -0.1) is 0 Å². The van der Waals surface area contributed by atoms with Gasteiger partial charge in [-0.3, -0.25) is 9.88 Å². The summed E-state index contributed by atoms with van der Waals surface area (Å²) in [6, 6.07) is 18.7. The average molecular weight is 638 g/mol. The smallest absolute Gasteiger partial charge is 0.338 e. The number of aromatic nitrogens is 4. The molecule has 2 aliphatic rings. The van der Waals surface area contributed by atoms with Crippen LogP contribution in [0.5, 0.6) is 5.88 Å². The molecule has 2 saturated heterocycles. The van der Waals surface area contributed by atoms with Crippen LogP contribution in [0, 0.1) is 5.82 Å². The van der Waals surface area contributed by atoms with Crippen LogP contribution in [0.3, 0.4) is 0 Å². The van der Waals surface area contributed by atoms with E-state index in [9.17, 15) is 9.18 Å². The van der Waals surface area contributed by atoms with Gasteiger partial charge >= 0.3 is 5.97 Å². The molecule has 7 rings (SSSR count). The molecule has 0 N–H and O–H groups in total. The van der Waals surface area contributed by atoms with Gasteiger partial charge in [-0.25, -0.2) is 19.2 Å². The highest BCUT2D eigenvalue weighted by atomic mass is 19.1. The van der Waals surface area contributed by atoms with Crippen LogP contribution >= 0.6 is 0 Å². The number of ether oxygens (including phenoxy) is 3. The first-order chi connectivity index (χ1) is 22.7. The fourth-order valence-electron chi connectivity index (χ4n) is 6.38. The SMILES string of the molecule is CC(C)(C)OC(=O)c1ccc2nc(CN3CCC(c4cccc(OCc5cccc6cc(F)cnc56)n4)CC3)n(CC3CCO3)c2c1. The van der Waals surface area contributed by atoms with Crippen LogP contribution in [0.4, 0.5) is 4.39 Å². The van der Waals surface area contributed by atoms with E-state index < -0.39 is 5.60 Å². The molecule has 0 bridgehead atoms. The van der Waals surface area contributed by atoms with Crippen molar-refractivity contribution >= 4 is 27.9 Å². The van der Waals surface area contributed by atoms with E-state index in [4.69, 9.17) is 24.2 Å². The van der Waals surface area contributed by atoms with Crippen molar-refractivity contribution in [2.75, 3.05) is 19.7 Å². The number of hydrogen-bond donors (Lipinski definition) is 0. The Labute approximate surface area is 273 Å². The second kappa shape index (κ2) is 13.0. The fraction of sp³-hybridized carbons (Fsp3) is 0.405.